The molecule has 1 aromatic carbocycles. The number of nitrogens with zero attached hydrogens (tertiary/aromatic N) is 4. The van der Waals surface area contributed by atoms with Gasteiger partial charge in [-0.25, -0.2) is 9.18 Å². The summed E-state index contributed by atoms with van der Waals surface area (Å²) in [6, 6.07) is 4.69. The summed E-state index contributed by atoms with van der Waals surface area (Å²) in [5.41, 5.74) is 2.68. The monoisotopic (exact) mass is 371 g/mol. The van der Waals surface area contributed by atoms with Crippen molar-refractivity contribution in [2.24, 2.45) is 0 Å². The van der Waals surface area contributed by atoms with Gasteiger partial charge in [0, 0.05) is 25.4 Å². The number of carbonyl (C=O) groups excluding carboxylic acids is 2. The molecule has 2 amide bonds. The molecule has 8 nitrogen and oxygen atoms in total. The molecular weight excluding hydrogens is 353 g/mol. The van der Waals surface area contributed by atoms with Crippen LogP contribution in [-0.4, -0.2) is 48.2 Å². The average molecular weight is 371 g/mol. The maximum absolute atomic E-state index is 14.8. The third-order valence-electron chi connectivity index (χ3n) is 4.71. The first kappa shape index (κ1) is 17.2. The molecule has 9 heteroatoms. The van der Waals surface area contributed by atoms with Gasteiger partial charge in [-0.1, -0.05) is 0 Å². The molecule has 2 aliphatic heterocycles. The standard InChI is InChI=1S/C18H18FN5O3/c19-14-7-12(24-9-13(8-20-11-25)27-18(24)26)1-2-17(14)23-6-3-15-16(10-23)22-5-4-21-15/h1-2,4-5,7,11,13H,3,6,8-10H2,(H,20,25). The van der Waals surface area contributed by atoms with Gasteiger partial charge < -0.3 is 15.0 Å². The molecule has 2 aromatic rings. The summed E-state index contributed by atoms with van der Waals surface area (Å²) in [7, 11) is 0. The van der Waals surface area contributed by atoms with Crippen LogP contribution in [-0.2, 0) is 22.5 Å². The molecule has 1 saturated heterocycles. The van der Waals surface area contributed by atoms with Crippen LogP contribution < -0.4 is 15.1 Å². The van der Waals surface area contributed by atoms with E-state index in [-0.39, 0.29) is 13.1 Å². The largest absolute Gasteiger partial charge is 0.442 e. The molecular formula is C18H18FN5O3. The first-order valence-corrected chi connectivity index (χ1v) is 8.64. The Morgan fingerprint density at radius 3 is 2.89 bits per heavy atom. The van der Waals surface area contributed by atoms with E-state index in [9.17, 15) is 14.0 Å². The van der Waals surface area contributed by atoms with Crippen LogP contribution >= 0.6 is 0 Å². The second kappa shape index (κ2) is 7.18. The summed E-state index contributed by atoms with van der Waals surface area (Å²) in [5, 5.41) is 2.48. The third kappa shape index (κ3) is 3.40. The lowest BCUT2D eigenvalue weighted by Gasteiger charge is -2.29. The summed E-state index contributed by atoms with van der Waals surface area (Å²) in [5.74, 6) is -0.415. The number of ether oxygens (including phenoxy) is 1. The number of amides is 2. The summed E-state index contributed by atoms with van der Waals surface area (Å²) in [6.07, 6.45) is 3.54. The fraction of sp³-hybridized carbons (Fsp3) is 0.333. The average Bonchev–Trinajstić information content (AvgIpc) is 3.06. The Morgan fingerprint density at radius 2 is 2.11 bits per heavy atom. The lowest BCUT2D eigenvalue weighted by atomic mass is 10.1. The molecule has 1 aromatic heterocycles. The van der Waals surface area contributed by atoms with Gasteiger partial charge in [-0.05, 0) is 18.2 Å². The number of cyclic esters (lactones) is 1. The second-order valence-corrected chi connectivity index (χ2v) is 6.40. The van der Waals surface area contributed by atoms with Crippen LogP contribution in [0.4, 0.5) is 20.6 Å². The van der Waals surface area contributed by atoms with Gasteiger partial charge in [-0.3, -0.25) is 19.7 Å². The first-order valence-electron chi connectivity index (χ1n) is 8.64. The Kier molecular flexibility index (Phi) is 4.57. The smallest absolute Gasteiger partial charge is 0.414 e. The number of rotatable bonds is 5. The zero-order valence-corrected chi connectivity index (χ0v) is 14.5. The fourth-order valence-corrected chi connectivity index (χ4v) is 3.38. The number of hydrogen-bond donors (Lipinski definition) is 1. The number of carbonyl (C=O) groups is 2. The SMILES string of the molecule is O=CNCC1CN(c2ccc(N3CCc4nccnc4C3)c(F)c2)C(=O)O1. The number of hydrogen-bond acceptors (Lipinski definition) is 6. The molecule has 0 bridgehead atoms. The number of aromatic nitrogens is 2. The van der Waals surface area contributed by atoms with Crippen molar-refractivity contribution in [1.29, 1.82) is 0 Å². The molecule has 1 fully saturated rings. The van der Waals surface area contributed by atoms with E-state index in [1.165, 1.54) is 11.0 Å². The molecule has 0 radical (unpaired) electrons. The lowest BCUT2D eigenvalue weighted by Crippen LogP contribution is -2.32. The van der Waals surface area contributed by atoms with Gasteiger partial charge in [0.15, 0.2) is 0 Å². The van der Waals surface area contributed by atoms with Gasteiger partial charge in [0.05, 0.1) is 42.4 Å². The summed E-state index contributed by atoms with van der Waals surface area (Å²) >= 11 is 0. The molecule has 0 saturated carbocycles. The third-order valence-corrected chi connectivity index (χ3v) is 4.71. The van der Waals surface area contributed by atoms with E-state index in [1.54, 1.807) is 24.5 Å². The molecule has 0 spiro atoms. The van der Waals surface area contributed by atoms with Gasteiger partial charge in [0.2, 0.25) is 6.41 Å². The highest BCUT2D eigenvalue weighted by atomic mass is 19.1. The van der Waals surface area contributed by atoms with Crippen molar-refractivity contribution >= 4 is 23.9 Å². The van der Waals surface area contributed by atoms with E-state index < -0.39 is 18.0 Å². The van der Waals surface area contributed by atoms with Gasteiger partial charge in [0.25, 0.3) is 0 Å². The maximum atomic E-state index is 14.8. The highest BCUT2D eigenvalue weighted by molar-refractivity contribution is 5.90. The molecule has 1 unspecified atom stereocenters. The van der Waals surface area contributed by atoms with Gasteiger partial charge >= 0.3 is 6.09 Å². The predicted molar refractivity (Wildman–Crippen MR) is 94.9 cm³/mol. The van der Waals surface area contributed by atoms with E-state index in [0.717, 1.165) is 11.4 Å². The zero-order valence-electron chi connectivity index (χ0n) is 14.5. The van der Waals surface area contributed by atoms with Gasteiger partial charge in [-0.15, -0.1) is 0 Å². The van der Waals surface area contributed by atoms with E-state index in [1.807, 2.05) is 4.90 Å². The first-order chi connectivity index (χ1) is 13.2. The second-order valence-electron chi connectivity index (χ2n) is 6.40. The van der Waals surface area contributed by atoms with E-state index >= 15 is 0 Å². The van der Waals surface area contributed by atoms with Crippen LogP contribution in [0.3, 0.4) is 0 Å². The van der Waals surface area contributed by atoms with E-state index in [2.05, 4.69) is 15.3 Å². The van der Waals surface area contributed by atoms with Crippen LogP contribution in [0.15, 0.2) is 30.6 Å². The van der Waals surface area contributed by atoms with Gasteiger partial charge in [-0.2, -0.15) is 0 Å². The summed E-state index contributed by atoms with van der Waals surface area (Å²) in [4.78, 5) is 34.3. The number of benzene rings is 1. The Hall–Kier alpha value is -3.23. The molecule has 1 atom stereocenters. The van der Waals surface area contributed by atoms with Crippen molar-refractivity contribution in [2.45, 2.75) is 19.1 Å². The highest BCUT2D eigenvalue weighted by Crippen LogP contribution is 2.30. The minimum Gasteiger partial charge on any atom is -0.442 e. The molecule has 1 N–H and O–H groups in total. The summed E-state index contributed by atoms with van der Waals surface area (Å²) < 4.78 is 19.9. The molecule has 4 rings (SSSR count). The Balaban J connectivity index is 1.50. The van der Waals surface area contributed by atoms with E-state index in [0.29, 0.717) is 37.3 Å². The lowest BCUT2D eigenvalue weighted by molar-refractivity contribution is -0.109. The van der Waals surface area contributed by atoms with E-state index in [4.69, 9.17) is 4.74 Å². The molecule has 140 valence electrons. The van der Waals surface area contributed by atoms with Crippen molar-refractivity contribution in [3.8, 4) is 0 Å². The molecule has 27 heavy (non-hydrogen) atoms. The van der Waals surface area contributed by atoms with Crippen molar-refractivity contribution in [3.63, 3.8) is 0 Å². The normalized spacial score (nSPS) is 18.9. The molecule has 0 aliphatic carbocycles. The fourth-order valence-electron chi connectivity index (χ4n) is 3.38. The van der Waals surface area contributed by atoms with Crippen molar-refractivity contribution in [2.75, 3.05) is 29.4 Å². The van der Waals surface area contributed by atoms with Crippen LogP contribution in [0.5, 0.6) is 0 Å². The van der Waals surface area contributed by atoms with Crippen molar-refractivity contribution in [3.05, 3.63) is 47.8 Å². The topological polar surface area (TPSA) is 87.7 Å². The van der Waals surface area contributed by atoms with Crippen LogP contribution in [0.25, 0.3) is 0 Å². The minimum atomic E-state index is -0.554. The van der Waals surface area contributed by atoms with Crippen LogP contribution in [0.1, 0.15) is 11.4 Å². The number of nitrogens with one attached hydrogen (secondary N) is 1. The number of halogens is 1. The Morgan fingerprint density at radius 1 is 1.30 bits per heavy atom. The maximum Gasteiger partial charge on any atom is 0.414 e. The zero-order chi connectivity index (χ0) is 18.8. The van der Waals surface area contributed by atoms with Crippen molar-refractivity contribution < 1.29 is 18.7 Å². The number of anilines is 2. The van der Waals surface area contributed by atoms with Gasteiger partial charge in [0.1, 0.15) is 11.9 Å². The molecule has 3 heterocycles. The highest BCUT2D eigenvalue weighted by Gasteiger charge is 2.32. The predicted octanol–water partition coefficient (Wildman–Crippen LogP) is 1.25. The van der Waals surface area contributed by atoms with Crippen LogP contribution in [0.2, 0.25) is 0 Å². The number of fused-ring (bicyclic) bond motifs is 1. The minimum absolute atomic E-state index is 0.223. The Bertz CT molecular complexity index is 878. The Labute approximate surface area is 155 Å². The van der Waals surface area contributed by atoms with Crippen LogP contribution in [0, 0.1) is 5.82 Å². The summed E-state index contributed by atoms with van der Waals surface area (Å²) in [6.45, 7) is 1.61. The molecule has 2 aliphatic rings. The quantitative estimate of drug-likeness (QED) is 0.796. The van der Waals surface area contributed by atoms with Crippen molar-refractivity contribution in [1.82, 2.24) is 15.3 Å².